The Morgan fingerprint density at radius 1 is 1.24 bits per heavy atom. The quantitative estimate of drug-likeness (QED) is 0.661. The molecule has 0 aliphatic heterocycles. The van der Waals surface area contributed by atoms with Gasteiger partial charge in [0, 0.05) is 18.7 Å². The molecular weight excluding hydrogens is 271 g/mol. The molecule has 0 unspecified atom stereocenters. The van der Waals surface area contributed by atoms with Crippen LogP contribution in [-0.4, -0.2) is 4.92 Å². The maximum absolute atomic E-state index is 13.7. The Balaban J connectivity index is 1.79. The average Bonchev–Trinajstić information content (AvgIpc) is 3.31. The number of nitrogens with zero attached hydrogens (tertiary/aromatic N) is 1. The van der Waals surface area contributed by atoms with Crippen LogP contribution in [-0.2, 0) is 6.54 Å². The van der Waals surface area contributed by atoms with Crippen molar-refractivity contribution in [2.45, 2.75) is 25.3 Å². The molecular formula is C16H15FN2O2. The molecule has 5 heteroatoms. The summed E-state index contributed by atoms with van der Waals surface area (Å²) in [5, 5.41) is 13.7. The van der Waals surface area contributed by atoms with Crippen molar-refractivity contribution < 1.29 is 9.31 Å². The van der Waals surface area contributed by atoms with E-state index in [0.717, 1.165) is 11.6 Å². The van der Waals surface area contributed by atoms with E-state index in [2.05, 4.69) is 11.4 Å². The molecule has 1 fully saturated rings. The molecule has 0 spiro atoms. The van der Waals surface area contributed by atoms with E-state index in [4.69, 9.17) is 0 Å². The third kappa shape index (κ3) is 3.02. The molecule has 2 aromatic rings. The highest BCUT2D eigenvalue weighted by Gasteiger charge is 2.25. The lowest BCUT2D eigenvalue weighted by molar-refractivity contribution is -0.384. The summed E-state index contributed by atoms with van der Waals surface area (Å²) in [5.74, 6) is 0.127. The predicted octanol–water partition coefficient (Wildman–Crippen LogP) is 4.22. The lowest BCUT2D eigenvalue weighted by Crippen LogP contribution is -2.04. The minimum absolute atomic E-state index is 0.116. The van der Waals surface area contributed by atoms with Gasteiger partial charge in [-0.25, -0.2) is 4.39 Å². The van der Waals surface area contributed by atoms with Crippen LogP contribution in [0.25, 0.3) is 0 Å². The maximum atomic E-state index is 13.7. The van der Waals surface area contributed by atoms with Gasteiger partial charge in [-0.05, 0) is 36.0 Å². The van der Waals surface area contributed by atoms with Gasteiger partial charge in [0.25, 0.3) is 5.69 Å². The second-order valence-electron chi connectivity index (χ2n) is 5.25. The molecule has 0 bridgehead atoms. The third-order valence-electron chi connectivity index (χ3n) is 3.70. The molecule has 2 aromatic carbocycles. The van der Waals surface area contributed by atoms with E-state index in [1.807, 2.05) is 18.2 Å². The molecule has 1 aliphatic carbocycles. The van der Waals surface area contributed by atoms with E-state index in [1.54, 1.807) is 0 Å². The van der Waals surface area contributed by atoms with Crippen LogP contribution >= 0.6 is 0 Å². The van der Waals surface area contributed by atoms with Crippen LogP contribution in [0, 0.1) is 15.9 Å². The van der Waals surface area contributed by atoms with Gasteiger partial charge in [0.1, 0.15) is 5.82 Å². The van der Waals surface area contributed by atoms with Crippen LogP contribution in [0.1, 0.15) is 29.9 Å². The number of halogens is 1. The average molecular weight is 286 g/mol. The fraction of sp³-hybridized carbons (Fsp3) is 0.250. The number of anilines is 1. The van der Waals surface area contributed by atoms with Gasteiger partial charge >= 0.3 is 0 Å². The molecule has 1 N–H and O–H groups in total. The summed E-state index contributed by atoms with van der Waals surface area (Å²) in [6.45, 7) is 0.463. The molecule has 0 amide bonds. The SMILES string of the molecule is O=[N+]([O-])c1ccc(F)c(NCc2ccccc2C2CC2)c1. The summed E-state index contributed by atoms with van der Waals surface area (Å²) >= 11 is 0. The number of hydrogen-bond acceptors (Lipinski definition) is 3. The second-order valence-corrected chi connectivity index (χ2v) is 5.25. The van der Waals surface area contributed by atoms with Gasteiger partial charge in [0.05, 0.1) is 10.6 Å². The summed E-state index contributed by atoms with van der Waals surface area (Å²) in [4.78, 5) is 10.2. The van der Waals surface area contributed by atoms with Crippen LogP contribution in [0.5, 0.6) is 0 Å². The normalized spacial score (nSPS) is 14.0. The number of benzene rings is 2. The van der Waals surface area contributed by atoms with Crippen molar-refractivity contribution in [2.75, 3.05) is 5.32 Å². The topological polar surface area (TPSA) is 55.2 Å². The van der Waals surface area contributed by atoms with Gasteiger partial charge in [-0.15, -0.1) is 0 Å². The molecule has 1 saturated carbocycles. The molecule has 1 aliphatic rings. The number of nitro benzene ring substituents is 1. The number of non-ortho nitro benzene ring substituents is 1. The van der Waals surface area contributed by atoms with Crippen LogP contribution in [0.3, 0.4) is 0 Å². The fourth-order valence-corrected chi connectivity index (χ4v) is 2.44. The standard InChI is InChI=1S/C16H15FN2O2/c17-15-8-7-13(19(20)21)9-16(15)18-10-12-3-1-2-4-14(12)11-5-6-11/h1-4,7-9,11,18H,5-6,10H2. The van der Waals surface area contributed by atoms with Crippen molar-refractivity contribution >= 4 is 11.4 Å². The van der Waals surface area contributed by atoms with Crippen molar-refractivity contribution in [1.29, 1.82) is 0 Å². The summed E-state index contributed by atoms with van der Waals surface area (Å²) in [5.41, 5.74) is 2.45. The van der Waals surface area contributed by atoms with Crippen molar-refractivity contribution in [1.82, 2.24) is 0 Å². The number of nitrogens with one attached hydrogen (secondary N) is 1. The summed E-state index contributed by atoms with van der Waals surface area (Å²) in [6, 6.07) is 11.6. The van der Waals surface area contributed by atoms with E-state index in [-0.39, 0.29) is 11.4 Å². The molecule has 4 nitrogen and oxygen atoms in total. The Kier molecular flexibility index (Phi) is 3.56. The lowest BCUT2D eigenvalue weighted by Gasteiger charge is -2.11. The Morgan fingerprint density at radius 3 is 2.71 bits per heavy atom. The van der Waals surface area contributed by atoms with Crippen LogP contribution in [0.15, 0.2) is 42.5 Å². The summed E-state index contributed by atoms with van der Waals surface area (Å²) < 4.78 is 13.7. The van der Waals surface area contributed by atoms with Gasteiger partial charge in [-0.1, -0.05) is 24.3 Å². The largest absolute Gasteiger partial charge is 0.378 e. The van der Waals surface area contributed by atoms with E-state index in [1.165, 1.54) is 30.5 Å². The third-order valence-corrected chi connectivity index (χ3v) is 3.70. The minimum atomic E-state index is -0.525. The van der Waals surface area contributed by atoms with Crippen molar-refractivity contribution in [3.63, 3.8) is 0 Å². The molecule has 0 radical (unpaired) electrons. The molecule has 0 saturated heterocycles. The van der Waals surface area contributed by atoms with Crippen molar-refractivity contribution in [3.05, 3.63) is 69.5 Å². The highest BCUT2D eigenvalue weighted by Crippen LogP contribution is 2.41. The maximum Gasteiger partial charge on any atom is 0.271 e. The minimum Gasteiger partial charge on any atom is -0.378 e. The van der Waals surface area contributed by atoms with Crippen molar-refractivity contribution in [2.24, 2.45) is 0 Å². The monoisotopic (exact) mass is 286 g/mol. The van der Waals surface area contributed by atoms with Gasteiger partial charge < -0.3 is 5.32 Å². The Hall–Kier alpha value is -2.43. The van der Waals surface area contributed by atoms with Crippen molar-refractivity contribution in [3.8, 4) is 0 Å². The highest BCUT2D eigenvalue weighted by molar-refractivity contribution is 5.53. The molecule has 3 rings (SSSR count). The van der Waals surface area contributed by atoms with E-state index >= 15 is 0 Å². The predicted molar refractivity (Wildman–Crippen MR) is 78.8 cm³/mol. The Bertz CT molecular complexity index is 684. The summed E-state index contributed by atoms with van der Waals surface area (Å²) in [6.07, 6.45) is 2.39. The van der Waals surface area contributed by atoms with E-state index in [0.29, 0.717) is 12.5 Å². The number of hydrogen-bond donors (Lipinski definition) is 1. The van der Waals surface area contributed by atoms with Gasteiger partial charge in [-0.2, -0.15) is 0 Å². The highest BCUT2D eigenvalue weighted by atomic mass is 19.1. The molecule has 21 heavy (non-hydrogen) atoms. The second kappa shape index (κ2) is 5.52. The number of rotatable bonds is 5. The van der Waals surface area contributed by atoms with E-state index in [9.17, 15) is 14.5 Å². The van der Waals surface area contributed by atoms with Crippen LogP contribution < -0.4 is 5.32 Å². The van der Waals surface area contributed by atoms with Gasteiger partial charge in [-0.3, -0.25) is 10.1 Å². The lowest BCUT2D eigenvalue weighted by atomic mass is 10.0. The zero-order valence-corrected chi connectivity index (χ0v) is 11.4. The van der Waals surface area contributed by atoms with E-state index < -0.39 is 10.7 Å². The molecule has 0 atom stereocenters. The van der Waals surface area contributed by atoms with Crippen LogP contribution in [0.2, 0.25) is 0 Å². The first-order chi connectivity index (χ1) is 10.1. The molecule has 108 valence electrons. The van der Waals surface area contributed by atoms with Gasteiger partial charge in [0.15, 0.2) is 0 Å². The first-order valence-corrected chi connectivity index (χ1v) is 6.91. The fourth-order valence-electron chi connectivity index (χ4n) is 2.44. The zero-order valence-electron chi connectivity index (χ0n) is 11.4. The Labute approximate surface area is 121 Å². The Morgan fingerprint density at radius 2 is 2.00 bits per heavy atom. The number of nitro groups is 1. The molecule has 0 heterocycles. The zero-order chi connectivity index (χ0) is 14.8. The molecule has 0 aromatic heterocycles. The summed E-state index contributed by atoms with van der Waals surface area (Å²) in [7, 11) is 0. The van der Waals surface area contributed by atoms with Crippen LogP contribution in [0.4, 0.5) is 15.8 Å². The van der Waals surface area contributed by atoms with Gasteiger partial charge in [0.2, 0.25) is 0 Å². The first kappa shape index (κ1) is 13.5. The first-order valence-electron chi connectivity index (χ1n) is 6.91. The smallest absolute Gasteiger partial charge is 0.271 e.